The zero-order chi connectivity index (χ0) is 58.8. The van der Waals surface area contributed by atoms with E-state index in [2.05, 4.69) is 0 Å². The average molecular weight is 1110 g/mol. The number of hydrogen-bond acceptors (Lipinski definition) is 18. The maximum atomic E-state index is 14.6. The SMILES string of the molecule is CCc1c(C(=O)N(CCO)CCO)c(C)c(C(=O)N(CCO)CCO)c(C)c1N(CC(O)CC1(O)CC(CO)OC(CN(C(C)=O)c2c(C)c(C(=O)N(CCO)CCO)c(C)c(C(=O)N(CCO)CCO)c2CC)C1)C(C)=O. The molecule has 78 heavy (non-hydrogen) atoms. The summed E-state index contributed by atoms with van der Waals surface area (Å²) in [6.45, 7) is 5.44. The molecule has 440 valence electrons. The Balaban J connectivity index is 2.28. The normalized spacial score (nSPS) is 16.7. The number of anilines is 2. The first-order chi connectivity index (χ1) is 37.0. The van der Waals surface area contributed by atoms with Crippen molar-refractivity contribution in [2.75, 3.05) is 135 Å². The minimum atomic E-state index is -1.87. The predicted molar refractivity (Wildman–Crippen MR) is 287 cm³/mol. The van der Waals surface area contributed by atoms with Gasteiger partial charge in [-0.15, -0.1) is 0 Å². The maximum absolute atomic E-state index is 14.6. The number of carbonyl (C=O) groups is 6. The van der Waals surface area contributed by atoms with Gasteiger partial charge in [0.15, 0.2) is 0 Å². The Bertz CT molecular complexity index is 2360. The van der Waals surface area contributed by atoms with E-state index in [0.29, 0.717) is 5.56 Å². The average Bonchev–Trinajstić information content (AvgIpc) is 3.44. The van der Waals surface area contributed by atoms with E-state index < -0.39 is 132 Å². The molecule has 1 aliphatic heterocycles. The van der Waals surface area contributed by atoms with Crippen LogP contribution in [-0.4, -0.2) is 260 Å². The van der Waals surface area contributed by atoms with Crippen molar-refractivity contribution in [2.45, 2.75) is 111 Å². The van der Waals surface area contributed by atoms with Gasteiger partial charge in [-0.05, 0) is 73.9 Å². The smallest absolute Gasteiger partial charge is 0.254 e. The number of ether oxygens (including phenoxy) is 1. The number of nitrogens with zero attached hydrogens (tertiary/aromatic N) is 6. The lowest BCUT2D eigenvalue weighted by Crippen LogP contribution is -2.53. The summed E-state index contributed by atoms with van der Waals surface area (Å²) in [5.41, 5.74) is -0.201. The molecule has 1 saturated heterocycles. The molecule has 4 unspecified atom stereocenters. The lowest BCUT2D eigenvalue weighted by atomic mass is 9.81. The topological polar surface area (TPSA) is 354 Å². The summed E-state index contributed by atoms with van der Waals surface area (Å²) < 4.78 is 6.29. The molecule has 0 radical (unpaired) electrons. The Labute approximate surface area is 456 Å². The van der Waals surface area contributed by atoms with E-state index in [4.69, 9.17) is 4.74 Å². The highest BCUT2D eigenvalue weighted by Crippen LogP contribution is 2.41. The Hall–Kier alpha value is -5.22. The van der Waals surface area contributed by atoms with Gasteiger partial charge in [-0.1, -0.05) is 13.8 Å². The molecule has 0 saturated carbocycles. The zero-order valence-corrected chi connectivity index (χ0v) is 46.7. The largest absolute Gasteiger partial charge is 0.395 e. The molecule has 1 aliphatic rings. The molecule has 0 spiro atoms. The van der Waals surface area contributed by atoms with Gasteiger partial charge in [-0.25, -0.2) is 0 Å². The summed E-state index contributed by atoms with van der Waals surface area (Å²) in [5.74, 6) is -3.91. The summed E-state index contributed by atoms with van der Waals surface area (Å²) in [6.07, 6.45) is -4.45. The number of aliphatic hydroxyl groups excluding tert-OH is 10. The third kappa shape index (κ3) is 15.8. The van der Waals surface area contributed by atoms with Gasteiger partial charge >= 0.3 is 0 Å². The van der Waals surface area contributed by atoms with Gasteiger partial charge in [-0.2, -0.15) is 0 Å². The third-order valence-corrected chi connectivity index (χ3v) is 14.3. The summed E-state index contributed by atoms with van der Waals surface area (Å²) in [5, 5.41) is 114. The van der Waals surface area contributed by atoms with Gasteiger partial charge < -0.3 is 90.3 Å². The van der Waals surface area contributed by atoms with Crippen molar-refractivity contribution >= 4 is 46.8 Å². The zero-order valence-electron chi connectivity index (χ0n) is 46.7. The van der Waals surface area contributed by atoms with Crippen molar-refractivity contribution in [1.82, 2.24) is 19.6 Å². The van der Waals surface area contributed by atoms with Crippen LogP contribution in [0.5, 0.6) is 0 Å². The number of benzene rings is 2. The number of hydrogen-bond donors (Lipinski definition) is 11. The van der Waals surface area contributed by atoms with Gasteiger partial charge in [0.2, 0.25) is 11.8 Å². The summed E-state index contributed by atoms with van der Waals surface area (Å²) >= 11 is 0. The Morgan fingerprint density at radius 3 is 1.10 bits per heavy atom. The van der Waals surface area contributed by atoms with Crippen LogP contribution in [0.2, 0.25) is 0 Å². The lowest BCUT2D eigenvalue weighted by Gasteiger charge is -2.44. The van der Waals surface area contributed by atoms with Crippen molar-refractivity contribution < 1.29 is 89.7 Å². The highest BCUT2D eigenvalue weighted by atomic mass is 16.5. The van der Waals surface area contributed by atoms with Crippen LogP contribution in [0, 0.1) is 27.7 Å². The van der Waals surface area contributed by atoms with Crippen molar-refractivity contribution in [2.24, 2.45) is 0 Å². The van der Waals surface area contributed by atoms with Crippen molar-refractivity contribution in [3.8, 4) is 0 Å². The molecule has 11 N–H and O–H groups in total. The minimum absolute atomic E-state index is 0.00735. The number of amides is 6. The molecule has 1 fully saturated rings. The molecule has 1 heterocycles. The number of aliphatic hydroxyl groups is 11. The van der Waals surface area contributed by atoms with E-state index in [1.54, 1.807) is 34.6 Å². The van der Waals surface area contributed by atoms with Crippen LogP contribution in [0.3, 0.4) is 0 Å². The van der Waals surface area contributed by atoms with Crippen LogP contribution in [0.25, 0.3) is 0 Å². The number of carbonyl (C=O) groups excluding carboxylic acids is 6. The van der Waals surface area contributed by atoms with E-state index in [-0.39, 0.29) is 146 Å². The van der Waals surface area contributed by atoms with E-state index in [9.17, 15) is 84.9 Å². The highest BCUT2D eigenvalue weighted by Gasteiger charge is 2.44. The molecule has 2 aromatic carbocycles. The van der Waals surface area contributed by atoms with Gasteiger partial charge in [0.25, 0.3) is 23.6 Å². The summed E-state index contributed by atoms with van der Waals surface area (Å²) in [4.78, 5) is 93.3. The molecule has 4 atom stereocenters. The standard InChI is InChI=1S/C54H86N6O18/c1-9-42-46(52(75)57(15-23-65)16-24-66)33(3)44(50(73)55(11-19-61)12-20-62)35(5)48(42)59(37(7)70)30-39(72)27-54(77)28-40(78-41(29-54)32-69)31-60(38(8)71)49-36(6)45(51(74)56(13-21-63)14-22-64)34(4)47(43(49)10-2)53(76)58(17-25-67)18-26-68/h39-41,61-69,72,77H,9-32H2,1-8H3. The predicted octanol–water partition coefficient (Wildman–Crippen LogP) is -1.82. The molecule has 0 aromatic heterocycles. The quantitative estimate of drug-likeness (QED) is 0.0396. The molecule has 24 nitrogen and oxygen atoms in total. The van der Waals surface area contributed by atoms with Gasteiger partial charge in [0.1, 0.15) is 0 Å². The van der Waals surface area contributed by atoms with E-state index in [1.807, 2.05) is 0 Å². The highest BCUT2D eigenvalue weighted by molar-refractivity contribution is 6.09. The van der Waals surface area contributed by atoms with E-state index in [1.165, 1.54) is 50.2 Å². The minimum Gasteiger partial charge on any atom is -0.395 e. The molecular weight excluding hydrogens is 1020 g/mol. The Morgan fingerprint density at radius 2 is 0.808 bits per heavy atom. The van der Waals surface area contributed by atoms with Crippen LogP contribution in [0.15, 0.2) is 0 Å². The first kappa shape index (κ1) is 67.1. The molecule has 24 heteroatoms. The van der Waals surface area contributed by atoms with Gasteiger partial charge in [0, 0.05) is 108 Å². The van der Waals surface area contributed by atoms with E-state index in [0.717, 1.165) is 0 Å². The monoisotopic (exact) mass is 1110 g/mol. The second kappa shape index (κ2) is 31.5. The fourth-order valence-electron chi connectivity index (χ4n) is 11.0. The van der Waals surface area contributed by atoms with Crippen LogP contribution in [0.4, 0.5) is 11.4 Å². The Morgan fingerprint density at radius 1 is 0.500 bits per heavy atom. The van der Waals surface area contributed by atoms with Crippen LogP contribution < -0.4 is 9.80 Å². The third-order valence-electron chi connectivity index (χ3n) is 14.3. The second-order valence-corrected chi connectivity index (χ2v) is 19.6. The summed E-state index contributed by atoms with van der Waals surface area (Å²) in [6, 6.07) is 0. The maximum Gasteiger partial charge on any atom is 0.254 e. The summed E-state index contributed by atoms with van der Waals surface area (Å²) in [7, 11) is 0. The van der Waals surface area contributed by atoms with Crippen molar-refractivity contribution in [1.29, 1.82) is 0 Å². The van der Waals surface area contributed by atoms with Crippen molar-refractivity contribution in [3.05, 3.63) is 55.6 Å². The molecule has 0 aliphatic carbocycles. The molecule has 3 rings (SSSR count). The van der Waals surface area contributed by atoms with Crippen LogP contribution >= 0.6 is 0 Å². The van der Waals surface area contributed by atoms with Crippen LogP contribution in [0.1, 0.15) is 122 Å². The molecule has 0 bridgehead atoms. The van der Waals surface area contributed by atoms with Crippen molar-refractivity contribution in [3.63, 3.8) is 0 Å². The second-order valence-electron chi connectivity index (χ2n) is 19.6. The first-order valence-electron chi connectivity index (χ1n) is 26.6. The van der Waals surface area contributed by atoms with E-state index >= 15 is 0 Å². The number of rotatable bonds is 31. The molecule has 6 amide bonds. The Kier molecular flexibility index (Phi) is 27.1. The van der Waals surface area contributed by atoms with Crippen LogP contribution in [-0.2, 0) is 27.2 Å². The van der Waals surface area contributed by atoms with Gasteiger partial charge in [0.05, 0.1) is 108 Å². The molecule has 2 aromatic rings. The lowest BCUT2D eigenvalue weighted by molar-refractivity contribution is -0.162. The fraction of sp³-hybridized carbons (Fsp3) is 0.667. The first-order valence-corrected chi connectivity index (χ1v) is 26.6. The van der Waals surface area contributed by atoms with Gasteiger partial charge in [-0.3, -0.25) is 28.8 Å². The fourth-order valence-corrected chi connectivity index (χ4v) is 11.0. The molecular formula is C54H86N6O18.